The van der Waals surface area contributed by atoms with Crippen molar-refractivity contribution in [3.63, 3.8) is 0 Å². The number of carbonyl (C=O) groups excluding carboxylic acids is 2. The number of amidine groups is 1. The van der Waals surface area contributed by atoms with Gasteiger partial charge in [-0.2, -0.15) is 0 Å². The number of nitrogens with zero attached hydrogens (tertiary/aromatic N) is 1. The highest BCUT2D eigenvalue weighted by atomic mass is 35.5. The molecular weight excluding hydrogens is 400 g/mol. The number of nitrogen functional groups attached to an aromatic ring is 1. The van der Waals surface area contributed by atoms with Crippen LogP contribution in [0.25, 0.3) is 0 Å². The third-order valence-electron chi connectivity index (χ3n) is 3.77. The van der Waals surface area contributed by atoms with E-state index in [1.165, 1.54) is 4.90 Å². The Morgan fingerprint density at radius 2 is 1.76 bits per heavy atom. The predicted molar refractivity (Wildman–Crippen MR) is 114 cm³/mol. The molecule has 0 unspecified atom stereocenters. The highest BCUT2D eigenvalue weighted by molar-refractivity contribution is 5.96. The predicted octanol–water partition coefficient (Wildman–Crippen LogP) is 0.815. The minimum absolute atomic E-state index is 0. The van der Waals surface area contributed by atoms with Crippen LogP contribution in [0.2, 0.25) is 0 Å². The number of benzene rings is 1. The third kappa shape index (κ3) is 9.65. The Labute approximate surface area is 176 Å². The monoisotopic (exact) mass is 428 g/mol. The third-order valence-corrected chi connectivity index (χ3v) is 3.77. The van der Waals surface area contributed by atoms with E-state index in [4.69, 9.17) is 11.1 Å². The molecule has 1 aromatic carbocycles. The van der Waals surface area contributed by atoms with Crippen molar-refractivity contribution in [3.05, 3.63) is 29.8 Å². The van der Waals surface area contributed by atoms with Gasteiger partial charge in [0.2, 0.25) is 11.8 Å². The summed E-state index contributed by atoms with van der Waals surface area (Å²) in [4.78, 5) is 36.1. The fourth-order valence-electron chi connectivity index (χ4n) is 2.31. The topological polar surface area (TPSA) is 161 Å². The number of amides is 3. The second-order valence-electron chi connectivity index (χ2n) is 7.08. The van der Waals surface area contributed by atoms with Gasteiger partial charge in [-0.3, -0.25) is 15.0 Å². The summed E-state index contributed by atoms with van der Waals surface area (Å²) >= 11 is 0. The summed E-state index contributed by atoms with van der Waals surface area (Å²) in [5, 5.41) is 24.5. The van der Waals surface area contributed by atoms with Crippen molar-refractivity contribution in [1.29, 1.82) is 5.41 Å². The van der Waals surface area contributed by atoms with E-state index in [1.807, 2.05) is 0 Å². The minimum atomic E-state index is -1.06. The Bertz CT molecular complexity index is 735. The molecule has 0 aliphatic heterocycles. The molecule has 0 atom stereocenters. The van der Waals surface area contributed by atoms with Crippen LogP contribution in [0.5, 0.6) is 0 Å². The van der Waals surface area contributed by atoms with Crippen LogP contribution in [0.15, 0.2) is 24.3 Å². The van der Waals surface area contributed by atoms with Crippen LogP contribution in [0, 0.1) is 5.41 Å². The first kappa shape index (κ1) is 26.0. The summed E-state index contributed by atoms with van der Waals surface area (Å²) < 4.78 is 0. The average Bonchev–Trinajstić information content (AvgIpc) is 2.60. The SMILES string of the molecule is CC(C)(C)N(CCNC(=O)CNC(=O)CNc1cccc(C(=N)N)c1)C(=O)O.Cl. The molecular formula is C18H29ClN6O4. The van der Waals surface area contributed by atoms with Crippen LogP contribution < -0.4 is 21.7 Å². The van der Waals surface area contributed by atoms with Crippen molar-refractivity contribution in [1.82, 2.24) is 15.5 Å². The molecule has 0 aliphatic carbocycles. The molecule has 0 aliphatic rings. The van der Waals surface area contributed by atoms with Gasteiger partial charge in [0, 0.05) is 29.9 Å². The fourth-order valence-corrected chi connectivity index (χ4v) is 2.31. The van der Waals surface area contributed by atoms with Gasteiger partial charge in [0.05, 0.1) is 13.1 Å². The summed E-state index contributed by atoms with van der Waals surface area (Å²) in [7, 11) is 0. The lowest BCUT2D eigenvalue weighted by Crippen LogP contribution is -2.49. The minimum Gasteiger partial charge on any atom is -0.465 e. The van der Waals surface area contributed by atoms with Crippen LogP contribution in [0.3, 0.4) is 0 Å². The Morgan fingerprint density at radius 3 is 2.31 bits per heavy atom. The Kier molecular flexibility index (Phi) is 10.5. The maximum atomic E-state index is 11.8. The molecule has 0 spiro atoms. The van der Waals surface area contributed by atoms with Gasteiger partial charge in [-0.1, -0.05) is 12.1 Å². The van der Waals surface area contributed by atoms with Gasteiger partial charge in [0.15, 0.2) is 0 Å². The lowest BCUT2D eigenvalue weighted by Gasteiger charge is -2.33. The van der Waals surface area contributed by atoms with Gasteiger partial charge in [0.1, 0.15) is 5.84 Å². The number of halogens is 1. The fraction of sp³-hybridized carbons (Fsp3) is 0.444. The van der Waals surface area contributed by atoms with Crippen LogP contribution in [0.1, 0.15) is 26.3 Å². The van der Waals surface area contributed by atoms with Gasteiger partial charge in [-0.15, -0.1) is 12.4 Å². The molecule has 0 heterocycles. The quantitative estimate of drug-likeness (QED) is 0.252. The number of nitrogens with one attached hydrogen (secondary N) is 4. The summed E-state index contributed by atoms with van der Waals surface area (Å²) in [5.74, 6) is -0.867. The molecule has 10 nitrogen and oxygen atoms in total. The number of anilines is 1. The van der Waals surface area contributed by atoms with Gasteiger partial charge in [0.25, 0.3) is 0 Å². The lowest BCUT2D eigenvalue weighted by atomic mass is 10.1. The van der Waals surface area contributed by atoms with Crippen LogP contribution in [-0.4, -0.2) is 65.5 Å². The van der Waals surface area contributed by atoms with Gasteiger partial charge >= 0.3 is 6.09 Å². The number of nitrogens with two attached hydrogens (primary N) is 1. The largest absolute Gasteiger partial charge is 0.465 e. The highest BCUT2D eigenvalue weighted by Crippen LogP contribution is 2.12. The molecule has 0 saturated heterocycles. The molecule has 162 valence electrons. The second-order valence-corrected chi connectivity index (χ2v) is 7.08. The Balaban J connectivity index is 0.00000784. The van der Waals surface area contributed by atoms with Gasteiger partial charge < -0.3 is 31.7 Å². The van der Waals surface area contributed by atoms with E-state index in [0.717, 1.165) is 0 Å². The molecule has 1 rings (SSSR count). The van der Waals surface area contributed by atoms with Crippen molar-refractivity contribution in [3.8, 4) is 0 Å². The van der Waals surface area contributed by atoms with Crippen molar-refractivity contribution >= 4 is 41.8 Å². The van der Waals surface area contributed by atoms with E-state index in [1.54, 1.807) is 45.0 Å². The van der Waals surface area contributed by atoms with Gasteiger partial charge in [-0.25, -0.2) is 4.79 Å². The zero-order valence-electron chi connectivity index (χ0n) is 16.7. The van der Waals surface area contributed by atoms with Crippen LogP contribution >= 0.6 is 12.4 Å². The molecule has 0 radical (unpaired) electrons. The molecule has 3 amide bonds. The number of hydrogen-bond acceptors (Lipinski definition) is 5. The zero-order valence-corrected chi connectivity index (χ0v) is 17.6. The molecule has 0 aromatic heterocycles. The van der Waals surface area contributed by atoms with E-state index >= 15 is 0 Å². The van der Waals surface area contributed by atoms with Crippen LogP contribution in [-0.2, 0) is 9.59 Å². The molecule has 0 saturated carbocycles. The molecule has 29 heavy (non-hydrogen) atoms. The summed E-state index contributed by atoms with van der Waals surface area (Å²) in [6, 6.07) is 6.77. The number of carboxylic acid groups (broad SMARTS) is 1. The average molecular weight is 429 g/mol. The molecule has 0 fully saturated rings. The van der Waals surface area contributed by atoms with Crippen molar-refractivity contribution < 1.29 is 19.5 Å². The zero-order chi connectivity index (χ0) is 21.3. The summed E-state index contributed by atoms with van der Waals surface area (Å²) in [6.45, 7) is 5.33. The van der Waals surface area contributed by atoms with Crippen LogP contribution in [0.4, 0.5) is 10.5 Å². The summed E-state index contributed by atoms with van der Waals surface area (Å²) in [6.07, 6.45) is -1.06. The molecule has 7 N–H and O–H groups in total. The maximum absolute atomic E-state index is 11.8. The van der Waals surface area contributed by atoms with Crippen molar-refractivity contribution in [2.24, 2.45) is 5.73 Å². The molecule has 1 aromatic rings. The number of rotatable bonds is 9. The van der Waals surface area contributed by atoms with E-state index in [-0.39, 0.29) is 50.3 Å². The standard InChI is InChI=1S/C18H28N6O4.ClH/c1-18(2,3)24(17(27)28)8-7-21-14(25)11-23-15(26)10-22-13-6-4-5-12(9-13)16(19)20;/h4-6,9,22H,7-8,10-11H2,1-3H3,(H3,19,20)(H,21,25)(H,23,26)(H,27,28);1H. The van der Waals surface area contributed by atoms with E-state index in [0.29, 0.717) is 11.3 Å². The normalized spacial score (nSPS) is 10.3. The Morgan fingerprint density at radius 1 is 1.14 bits per heavy atom. The first-order valence-electron chi connectivity index (χ1n) is 8.73. The first-order chi connectivity index (χ1) is 13.0. The smallest absolute Gasteiger partial charge is 0.407 e. The van der Waals surface area contributed by atoms with Gasteiger partial charge in [-0.05, 0) is 32.9 Å². The van der Waals surface area contributed by atoms with E-state index in [2.05, 4.69) is 16.0 Å². The van der Waals surface area contributed by atoms with E-state index in [9.17, 15) is 19.5 Å². The van der Waals surface area contributed by atoms with E-state index < -0.39 is 17.5 Å². The first-order valence-corrected chi connectivity index (χ1v) is 8.73. The molecule has 11 heteroatoms. The maximum Gasteiger partial charge on any atom is 0.407 e. The van der Waals surface area contributed by atoms with Crippen molar-refractivity contribution in [2.45, 2.75) is 26.3 Å². The van der Waals surface area contributed by atoms with Crippen molar-refractivity contribution in [2.75, 3.05) is 31.5 Å². The highest BCUT2D eigenvalue weighted by Gasteiger charge is 2.25. The number of carbonyl (C=O) groups is 3. The Hall–Kier alpha value is -3.01. The number of hydrogen-bond donors (Lipinski definition) is 6. The summed E-state index contributed by atoms with van der Waals surface area (Å²) in [5.41, 5.74) is 6.01. The second kappa shape index (κ2) is 11.7. The lowest BCUT2D eigenvalue weighted by molar-refractivity contribution is -0.125. The molecule has 0 bridgehead atoms.